The number of nitrogens with zero attached hydrogens (tertiary/aromatic N) is 3. The zero-order chi connectivity index (χ0) is 14.0. The van der Waals surface area contributed by atoms with Crippen LogP contribution in [0.5, 0.6) is 0 Å². The van der Waals surface area contributed by atoms with E-state index in [0.29, 0.717) is 17.1 Å². The van der Waals surface area contributed by atoms with Crippen molar-refractivity contribution >= 4 is 17.7 Å². The molecule has 2 rings (SSSR count). The maximum Gasteiger partial charge on any atom is 0.222 e. The van der Waals surface area contributed by atoms with Crippen molar-refractivity contribution in [1.29, 1.82) is 0 Å². The van der Waals surface area contributed by atoms with Gasteiger partial charge in [-0.25, -0.2) is 0 Å². The first-order valence-corrected chi connectivity index (χ1v) is 7.28. The van der Waals surface area contributed by atoms with Gasteiger partial charge >= 0.3 is 0 Å². The molecule has 1 heterocycles. The van der Waals surface area contributed by atoms with Crippen LogP contribution in [0.2, 0.25) is 0 Å². The van der Waals surface area contributed by atoms with Crippen LogP contribution in [-0.4, -0.2) is 14.8 Å². The van der Waals surface area contributed by atoms with Crippen molar-refractivity contribution in [3.05, 3.63) is 35.4 Å². The first kappa shape index (κ1) is 13.9. The first-order chi connectivity index (χ1) is 8.99. The largest absolute Gasteiger partial charge is 0.368 e. The van der Waals surface area contributed by atoms with E-state index >= 15 is 0 Å². The third-order valence-electron chi connectivity index (χ3n) is 3.22. The lowest BCUT2D eigenvalue weighted by atomic mass is 10.0. The summed E-state index contributed by atoms with van der Waals surface area (Å²) in [6.07, 6.45) is 0. The third-order valence-corrected chi connectivity index (χ3v) is 4.42. The Morgan fingerprint density at radius 2 is 1.63 bits per heavy atom. The van der Waals surface area contributed by atoms with E-state index in [4.69, 9.17) is 5.73 Å². The zero-order valence-corrected chi connectivity index (χ0v) is 12.6. The molecule has 2 aromatic rings. The van der Waals surface area contributed by atoms with Crippen molar-refractivity contribution < 1.29 is 0 Å². The van der Waals surface area contributed by atoms with E-state index in [2.05, 4.69) is 55.2 Å². The highest BCUT2D eigenvalue weighted by Gasteiger charge is 2.13. The molecule has 0 fully saturated rings. The Bertz CT molecular complexity index is 545. The van der Waals surface area contributed by atoms with E-state index in [1.54, 1.807) is 11.8 Å². The summed E-state index contributed by atoms with van der Waals surface area (Å²) in [4.78, 5) is 0. The summed E-state index contributed by atoms with van der Waals surface area (Å²) in [5.41, 5.74) is 8.34. The van der Waals surface area contributed by atoms with Crippen molar-refractivity contribution in [3.8, 4) is 0 Å². The second-order valence-corrected chi connectivity index (χ2v) is 6.29. The van der Waals surface area contributed by atoms with Gasteiger partial charge in [-0.3, -0.25) is 4.57 Å². The molecule has 0 saturated heterocycles. The summed E-state index contributed by atoms with van der Waals surface area (Å²) in [6, 6.07) is 8.77. The minimum absolute atomic E-state index is 0.323. The lowest BCUT2D eigenvalue weighted by Crippen LogP contribution is -1.99. The number of aromatic nitrogens is 3. The van der Waals surface area contributed by atoms with Gasteiger partial charge < -0.3 is 5.73 Å². The molecule has 1 aromatic carbocycles. The number of nitrogen functional groups attached to an aromatic ring is 1. The molecule has 0 aliphatic heterocycles. The fraction of sp³-hybridized carbons (Fsp3) is 0.429. The van der Waals surface area contributed by atoms with Crippen LogP contribution in [0, 0.1) is 0 Å². The zero-order valence-electron chi connectivity index (χ0n) is 11.8. The van der Waals surface area contributed by atoms with Gasteiger partial charge in [0.05, 0.1) is 0 Å². The predicted octanol–water partition coefficient (Wildman–Crippen LogP) is 3.37. The number of hydrogen-bond donors (Lipinski definition) is 1. The average molecular weight is 276 g/mol. The normalized spacial score (nSPS) is 12.9. The van der Waals surface area contributed by atoms with Crippen LogP contribution in [0.4, 0.5) is 5.95 Å². The molecular weight excluding hydrogens is 256 g/mol. The molecular formula is C14H20N4S. The van der Waals surface area contributed by atoms with Gasteiger partial charge in [0.15, 0.2) is 5.16 Å². The Morgan fingerprint density at radius 1 is 1.05 bits per heavy atom. The molecule has 0 bridgehead atoms. The predicted molar refractivity (Wildman–Crippen MR) is 80.2 cm³/mol. The van der Waals surface area contributed by atoms with Crippen molar-refractivity contribution in [2.24, 2.45) is 7.05 Å². The smallest absolute Gasteiger partial charge is 0.222 e. The molecule has 0 amide bonds. The van der Waals surface area contributed by atoms with Crippen LogP contribution < -0.4 is 5.73 Å². The maximum atomic E-state index is 5.68. The number of benzene rings is 1. The maximum absolute atomic E-state index is 5.68. The molecule has 4 nitrogen and oxygen atoms in total. The van der Waals surface area contributed by atoms with Crippen LogP contribution in [0.1, 0.15) is 43.1 Å². The molecule has 0 radical (unpaired) electrons. The van der Waals surface area contributed by atoms with E-state index in [1.165, 1.54) is 11.1 Å². The molecule has 5 heteroatoms. The second kappa shape index (κ2) is 5.65. The van der Waals surface area contributed by atoms with Gasteiger partial charge in [-0.1, -0.05) is 49.9 Å². The highest BCUT2D eigenvalue weighted by molar-refractivity contribution is 7.99. The van der Waals surface area contributed by atoms with E-state index in [-0.39, 0.29) is 0 Å². The molecule has 1 unspecified atom stereocenters. The van der Waals surface area contributed by atoms with Gasteiger partial charge in [-0.2, -0.15) is 0 Å². The van der Waals surface area contributed by atoms with Crippen molar-refractivity contribution in [1.82, 2.24) is 14.8 Å². The van der Waals surface area contributed by atoms with Gasteiger partial charge in [-0.15, -0.1) is 10.2 Å². The van der Waals surface area contributed by atoms with E-state index in [0.717, 1.165) is 5.16 Å². The summed E-state index contributed by atoms with van der Waals surface area (Å²) < 4.78 is 1.81. The minimum Gasteiger partial charge on any atom is -0.368 e. The summed E-state index contributed by atoms with van der Waals surface area (Å²) in [7, 11) is 1.88. The molecule has 19 heavy (non-hydrogen) atoms. The number of hydrogen-bond acceptors (Lipinski definition) is 4. The van der Waals surface area contributed by atoms with E-state index in [9.17, 15) is 0 Å². The van der Waals surface area contributed by atoms with Gasteiger partial charge in [0.25, 0.3) is 0 Å². The highest BCUT2D eigenvalue weighted by atomic mass is 32.2. The standard InChI is InChI=1S/C14H20N4S/c1-9(2)11-5-7-12(8-6-11)10(3)19-14-17-16-13(15)18(14)4/h5-10H,1-4H3,(H2,15,16). The molecule has 102 valence electrons. The van der Waals surface area contributed by atoms with Gasteiger partial charge in [0, 0.05) is 12.3 Å². The molecule has 1 atom stereocenters. The molecule has 0 spiro atoms. The Balaban J connectivity index is 2.11. The van der Waals surface area contributed by atoms with Crippen molar-refractivity contribution in [2.75, 3.05) is 5.73 Å². The fourth-order valence-electron chi connectivity index (χ4n) is 1.81. The fourth-order valence-corrected chi connectivity index (χ4v) is 2.76. The summed E-state index contributed by atoms with van der Waals surface area (Å²) >= 11 is 1.67. The van der Waals surface area contributed by atoms with Crippen LogP contribution in [0.3, 0.4) is 0 Å². The average Bonchev–Trinajstić information content (AvgIpc) is 2.71. The molecule has 0 saturated carbocycles. The van der Waals surface area contributed by atoms with Gasteiger partial charge in [0.2, 0.25) is 5.95 Å². The minimum atomic E-state index is 0.323. The Morgan fingerprint density at radius 3 is 2.11 bits per heavy atom. The van der Waals surface area contributed by atoms with Crippen molar-refractivity contribution in [2.45, 2.75) is 37.1 Å². The molecule has 2 N–H and O–H groups in total. The van der Waals surface area contributed by atoms with Crippen LogP contribution in [0.15, 0.2) is 29.4 Å². The van der Waals surface area contributed by atoms with Gasteiger partial charge in [-0.05, 0) is 24.0 Å². The molecule has 1 aromatic heterocycles. The lowest BCUT2D eigenvalue weighted by Gasteiger charge is -2.12. The highest BCUT2D eigenvalue weighted by Crippen LogP contribution is 2.34. The van der Waals surface area contributed by atoms with E-state index < -0.39 is 0 Å². The third kappa shape index (κ3) is 3.10. The Kier molecular flexibility index (Phi) is 4.14. The van der Waals surface area contributed by atoms with Gasteiger partial charge in [0.1, 0.15) is 0 Å². The Labute approximate surface area is 118 Å². The second-order valence-electron chi connectivity index (χ2n) is 4.98. The number of anilines is 1. The van der Waals surface area contributed by atoms with Crippen LogP contribution >= 0.6 is 11.8 Å². The quantitative estimate of drug-likeness (QED) is 0.870. The number of thioether (sulfide) groups is 1. The SMILES string of the molecule is CC(C)c1ccc(C(C)Sc2nnc(N)n2C)cc1. The molecule has 0 aliphatic rings. The summed E-state index contributed by atoms with van der Waals surface area (Å²) in [5, 5.41) is 9.12. The molecule has 0 aliphatic carbocycles. The van der Waals surface area contributed by atoms with E-state index in [1.807, 2.05) is 11.6 Å². The van der Waals surface area contributed by atoms with Crippen molar-refractivity contribution in [3.63, 3.8) is 0 Å². The number of rotatable bonds is 4. The lowest BCUT2D eigenvalue weighted by molar-refractivity contribution is 0.792. The number of nitrogens with two attached hydrogens (primary N) is 1. The first-order valence-electron chi connectivity index (χ1n) is 6.40. The Hall–Kier alpha value is -1.49. The monoisotopic (exact) mass is 276 g/mol. The summed E-state index contributed by atoms with van der Waals surface area (Å²) in [6.45, 7) is 6.57. The van der Waals surface area contributed by atoms with Crippen LogP contribution in [0.25, 0.3) is 0 Å². The van der Waals surface area contributed by atoms with Crippen LogP contribution in [-0.2, 0) is 7.05 Å². The summed E-state index contributed by atoms with van der Waals surface area (Å²) in [5.74, 6) is 1.01. The topological polar surface area (TPSA) is 56.7 Å².